The molecule has 2 saturated heterocycles. The largest absolute Gasteiger partial charge is 0.432 e. The molecule has 8 atom stereocenters. The van der Waals surface area contributed by atoms with Gasteiger partial charge in [0.05, 0.1) is 23.7 Å². The third-order valence-electron chi connectivity index (χ3n) is 8.35. The number of carbonyl (C=O) groups excluding carboxylic acids is 6. The molecule has 12 heteroatoms. The number of nitrogens with zero attached hydrogens (tertiary/aromatic N) is 2. The van der Waals surface area contributed by atoms with Crippen molar-refractivity contribution in [3.05, 3.63) is 24.3 Å². The van der Waals surface area contributed by atoms with Crippen molar-refractivity contribution in [1.29, 1.82) is 0 Å². The van der Waals surface area contributed by atoms with Crippen molar-refractivity contribution in [2.45, 2.75) is 25.7 Å². The van der Waals surface area contributed by atoms with Crippen LogP contribution in [0.2, 0.25) is 0 Å². The summed E-state index contributed by atoms with van der Waals surface area (Å²) >= 11 is 0. The third-order valence-corrected chi connectivity index (χ3v) is 8.35. The lowest BCUT2D eigenvalue weighted by Crippen LogP contribution is -2.40. The van der Waals surface area contributed by atoms with Crippen LogP contribution in [-0.2, 0) is 28.9 Å². The van der Waals surface area contributed by atoms with E-state index in [0.29, 0.717) is 23.0 Å². The SMILES string of the molecule is O=C(NCCCCNC(=O)ON1C(=O)C2C3C=CC(C3)C2C1=O)ON1C(=O)C2C3C=CC(C3)C2C1=O. The van der Waals surface area contributed by atoms with Gasteiger partial charge in [-0.3, -0.25) is 19.2 Å². The van der Waals surface area contributed by atoms with Gasteiger partial charge >= 0.3 is 12.2 Å². The van der Waals surface area contributed by atoms with Crippen molar-refractivity contribution in [2.75, 3.05) is 13.1 Å². The highest BCUT2D eigenvalue weighted by molar-refractivity contribution is 6.06. The Labute approximate surface area is 205 Å². The molecule has 2 N–H and O–H groups in total. The number of imide groups is 2. The van der Waals surface area contributed by atoms with Crippen LogP contribution in [0.3, 0.4) is 0 Å². The van der Waals surface area contributed by atoms with Crippen LogP contribution >= 0.6 is 0 Å². The number of hydroxylamine groups is 4. The molecule has 8 unspecified atom stereocenters. The molecule has 6 aliphatic rings. The molecule has 6 amide bonds. The molecule has 0 spiro atoms. The van der Waals surface area contributed by atoms with Gasteiger partial charge in [-0.25, -0.2) is 9.59 Å². The lowest BCUT2D eigenvalue weighted by Gasteiger charge is -2.16. The normalized spacial score (nSPS) is 36.7. The number of amides is 6. The Morgan fingerprint density at radius 1 is 0.639 bits per heavy atom. The van der Waals surface area contributed by atoms with Gasteiger partial charge in [0.15, 0.2) is 0 Å². The van der Waals surface area contributed by atoms with E-state index in [4.69, 9.17) is 9.68 Å². The first-order chi connectivity index (χ1) is 17.3. The summed E-state index contributed by atoms with van der Waals surface area (Å²) in [4.78, 5) is 84.2. The number of nitrogens with one attached hydrogen (secondary N) is 2. The van der Waals surface area contributed by atoms with Crippen LogP contribution in [0.1, 0.15) is 25.7 Å². The zero-order valence-corrected chi connectivity index (χ0v) is 19.3. The third kappa shape index (κ3) is 3.41. The molecule has 4 bridgehead atoms. The highest BCUT2D eigenvalue weighted by Gasteiger charge is 2.62. The molecule has 190 valence electrons. The summed E-state index contributed by atoms with van der Waals surface area (Å²) < 4.78 is 0. The molecule has 4 aliphatic carbocycles. The summed E-state index contributed by atoms with van der Waals surface area (Å²) in [5.41, 5.74) is 0. The molecule has 6 rings (SSSR count). The van der Waals surface area contributed by atoms with Gasteiger partial charge in [0.1, 0.15) is 0 Å². The van der Waals surface area contributed by atoms with Crippen LogP contribution < -0.4 is 10.6 Å². The van der Waals surface area contributed by atoms with E-state index in [1.54, 1.807) is 0 Å². The average Bonchev–Trinajstić information content (AvgIpc) is 3.69. The minimum Gasteiger partial charge on any atom is -0.320 e. The molecule has 0 radical (unpaired) electrons. The van der Waals surface area contributed by atoms with Crippen molar-refractivity contribution < 1.29 is 38.4 Å². The van der Waals surface area contributed by atoms with Gasteiger partial charge < -0.3 is 20.3 Å². The molecule has 0 aromatic heterocycles. The summed E-state index contributed by atoms with van der Waals surface area (Å²) in [5, 5.41) is 6.14. The smallest absolute Gasteiger partial charge is 0.320 e. The molecule has 2 aliphatic heterocycles. The number of fused-ring (bicyclic) bond motifs is 10. The number of carbonyl (C=O) groups is 6. The number of hydrogen-bond acceptors (Lipinski definition) is 8. The van der Waals surface area contributed by atoms with Crippen LogP contribution in [0.5, 0.6) is 0 Å². The highest BCUT2D eigenvalue weighted by Crippen LogP contribution is 2.53. The van der Waals surface area contributed by atoms with Gasteiger partial charge in [-0.05, 0) is 49.4 Å². The molecule has 0 aromatic carbocycles. The number of hydrogen-bond donors (Lipinski definition) is 2. The second kappa shape index (κ2) is 8.45. The van der Waals surface area contributed by atoms with Crippen LogP contribution in [-0.4, -0.2) is 59.0 Å². The summed E-state index contributed by atoms with van der Waals surface area (Å²) in [6.07, 6.45) is 8.52. The maximum atomic E-state index is 12.5. The minimum absolute atomic E-state index is 0.0285. The van der Waals surface area contributed by atoms with E-state index in [1.807, 2.05) is 24.3 Å². The van der Waals surface area contributed by atoms with E-state index in [1.165, 1.54) is 0 Å². The molecule has 12 nitrogen and oxygen atoms in total. The predicted octanol–water partition coefficient (Wildman–Crippen LogP) is 0.663. The minimum atomic E-state index is -0.899. The fourth-order valence-electron chi connectivity index (χ4n) is 6.79. The van der Waals surface area contributed by atoms with Crippen molar-refractivity contribution >= 4 is 35.8 Å². The second-order valence-corrected chi connectivity index (χ2v) is 10.3. The zero-order valence-electron chi connectivity index (χ0n) is 19.3. The van der Waals surface area contributed by atoms with Crippen molar-refractivity contribution in [3.63, 3.8) is 0 Å². The van der Waals surface area contributed by atoms with Gasteiger partial charge in [0.2, 0.25) is 0 Å². The van der Waals surface area contributed by atoms with Crippen LogP contribution in [0.4, 0.5) is 9.59 Å². The average molecular weight is 498 g/mol. The van der Waals surface area contributed by atoms with Crippen molar-refractivity contribution in [2.24, 2.45) is 47.3 Å². The first-order valence-corrected chi connectivity index (χ1v) is 12.4. The summed E-state index contributed by atoms with van der Waals surface area (Å²) in [6.45, 7) is 0.376. The topological polar surface area (TPSA) is 151 Å². The van der Waals surface area contributed by atoms with Crippen molar-refractivity contribution in [3.8, 4) is 0 Å². The fraction of sp³-hybridized carbons (Fsp3) is 0.583. The Morgan fingerprint density at radius 2 is 0.944 bits per heavy atom. The first-order valence-electron chi connectivity index (χ1n) is 12.4. The molecule has 2 saturated carbocycles. The summed E-state index contributed by atoms with van der Waals surface area (Å²) in [7, 11) is 0. The Morgan fingerprint density at radius 3 is 1.25 bits per heavy atom. The zero-order chi connectivity index (χ0) is 25.1. The first kappa shape index (κ1) is 22.7. The lowest BCUT2D eigenvalue weighted by molar-refractivity contribution is -0.175. The van der Waals surface area contributed by atoms with E-state index in [9.17, 15) is 28.8 Å². The van der Waals surface area contributed by atoms with E-state index in [-0.39, 0.29) is 36.8 Å². The van der Waals surface area contributed by atoms with Gasteiger partial charge in [-0.1, -0.05) is 24.3 Å². The Kier molecular flexibility index (Phi) is 5.34. The second-order valence-electron chi connectivity index (χ2n) is 10.3. The standard InChI is InChI=1S/C24H26N4O8/c29-19-15-11-3-4-12(9-11)16(15)20(30)27(19)35-23(33)25-7-1-2-8-26-24(34)36-28-21(31)17-13-5-6-14(10-13)18(17)22(28)32/h3-6,11-18H,1-2,7-10H2,(H,25,33)(H,26,34). The van der Waals surface area contributed by atoms with Crippen LogP contribution in [0.25, 0.3) is 0 Å². The Bertz CT molecular complexity index is 971. The number of allylic oxidation sites excluding steroid dienone is 4. The Hall–Kier alpha value is -3.70. The Balaban J connectivity index is 0.875. The maximum absolute atomic E-state index is 12.5. The number of rotatable bonds is 7. The van der Waals surface area contributed by atoms with E-state index in [2.05, 4.69) is 10.6 Å². The molecule has 2 heterocycles. The molecule has 4 fully saturated rings. The van der Waals surface area contributed by atoms with Gasteiger partial charge in [-0.2, -0.15) is 0 Å². The van der Waals surface area contributed by atoms with E-state index < -0.39 is 59.5 Å². The van der Waals surface area contributed by atoms with Gasteiger partial charge in [0, 0.05) is 13.1 Å². The predicted molar refractivity (Wildman–Crippen MR) is 117 cm³/mol. The molecular formula is C24H26N4O8. The summed E-state index contributed by atoms with van der Waals surface area (Å²) in [6, 6.07) is 0. The molecular weight excluding hydrogens is 472 g/mol. The van der Waals surface area contributed by atoms with Gasteiger partial charge in [0.25, 0.3) is 23.6 Å². The van der Waals surface area contributed by atoms with Gasteiger partial charge in [-0.15, -0.1) is 10.1 Å². The van der Waals surface area contributed by atoms with Crippen molar-refractivity contribution in [1.82, 2.24) is 20.8 Å². The quantitative estimate of drug-likeness (QED) is 0.295. The molecule has 0 aromatic rings. The van der Waals surface area contributed by atoms with Crippen LogP contribution in [0, 0.1) is 47.3 Å². The highest BCUT2D eigenvalue weighted by atomic mass is 16.7. The van der Waals surface area contributed by atoms with Crippen LogP contribution in [0.15, 0.2) is 24.3 Å². The van der Waals surface area contributed by atoms with E-state index in [0.717, 1.165) is 12.8 Å². The number of unbranched alkanes of at least 4 members (excludes halogenated alkanes) is 1. The monoisotopic (exact) mass is 498 g/mol. The fourth-order valence-corrected chi connectivity index (χ4v) is 6.79. The lowest BCUT2D eigenvalue weighted by atomic mass is 9.85. The maximum Gasteiger partial charge on any atom is 0.432 e. The van der Waals surface area contributed by atoms with E-state index >= 15 is 0 Å². The molecule has 36 heavy (non-hydrogen) atoms. The summed E-state index contributed by atoms with van der Waals surface area (Å²) in [5.74, 6) is -3.53.